The standard InChI is InChI=1S/C12H23NO2.C9H5FN2O3/c1-11(2,3)15-10(14)13(5)9-8-12(4)6-7-12;10-8-3-6(5-11)4-9(12(14)15)7(8)1-2-13/h6-9H2,1-5H3;2-4H,1H2. The summed E-state index contributed by atoms with van der Waals surface area (Å²) in [5.41, 5.74) is -0.882. The lowest BCUT2D eigenvalue weighted by atomic mass is 10.1. The second-order valence-electron chi connectivity index (χ2n) is 8.66. The first-order valence-electron chi connectivity index (χ1n) is 9.56. The summed E-state index contributed by atoms with van der Waals surface area (Å²) < 4.78 is 18.5. The summed E-state index contributed by atoms with van der Waals surface area (Å²) in [6, 6.07) is 3.41. The number of nitrogens with zero attached hydrogens (tertiary/aromatic N) is 3. The van der Waals surface area contributed by atoms with E-state index in [2.05, 4.69) is 6.92 Å². The molecule has 1 saturated carbocycles. The minimum absolute atomic E-state index is 0.145. The lowest BCUT2D eigenvalue weighted by Crippen LogP contribution is -2.35. The lowest BCUT2D eigenvalue weighted by Gasteiger charge is -2.25. The molecule has 0 radical (unpaired) electrons. The van der Waals surface area contributed by atoms with Crippen LogP contribution in [-0.4, -0.2) is 41.4 Å². The Morgan fingerprint density at radius 1 is 1.43 bits per heavy atom. The zero-order valence-electron chi connectivity index (χ0n) is 18.0. The summed E-state index contributed by atoms with van der Waals surface area (Å²) >= 11 is 0. The SMILES string of the molecule is CN(CCC1(C)CC1)C(=O)OC(C)(C)C.N#Cc1cc(F)c(CC=O)c([N+](=O)[O-])c1. The van der Waals surface area contributed by atoms with Gasteiger partial charge in [-0.1, -0.05) is 6.92 Å². The van der Waals surface area contributed by atoms with Crippen molar-refractivity contribution in [3.63, 3.8) is 0 Å². The average molecular weight is 421 g/mol. The first-order chi connectivity index (χ1) is 13.8. The fraction of sp³-hybridized carbons (Fsp3) is 0.571. The van der Waals surface area contributed by atoms with Gasteiger partial charge in [-0.2, -0.15) is 5.26 Å². The van der Waals surface area contributed by atoms with Crippen molar-refractivity contribution in [1.82, 2.24) is 4.90 Å². The van der Waals surface area contributed by atoms with E-state index in [1.165, 1.54) is 12.8 Å². The first kappa shape index (κ1) is 25.0. The summed E-state index contributed by atoms with van der Waals surface area (Å²) in [4.78, 5) is 33.2. The Morgan fingerprint density at radius 2 is 2.03 bits per heavy atom. The van der Waals surface area contributed by atoms with Crippen LogP contribution in [0.3, 0.4) is 0 Å². The zero-order chi connectivity index (χ0) is 23.1. The van der Waals surface area contributed by atoms with Crippen molar-refractivity contribution in [3.05, 3.63) is 39.2 Å². The molecule has 1 aliphatic rings. The maximum Gasteiger partial charge on any atom is 0.410 e. The van der Waals surface area contributed by atoms with E-state index in [0.29, 0.717) is 11.7 Å². The molecule has 1 aromatic rings. The average Bonchev–Trinajstić information content (AvgIpc) is 3.38. The smallest absolute Gasteiger partial charge is 0.410 e. The molecule has 0 aliphatic heterocycles. The van der Waals surface area contributed by atoms with Gasteiger partial charge in [-0.3, -0.25) is 10.1 Å². The molecule has 164 valence electrons. The molecule has 30 heavy (non-hydrogen) atoms. The summed E-state index contributed by atoms with van der Waals surface area (Å²) in [6.45, 7) is 8.74. The van der Waals surface area contributed by atoms with Crippen molar-refractivity contribution in [1.29, 1.82) is 5.26 Å². The first-order valence-corrected chi connectivity index (χ1v) is 9.56. The Hall–Kier alpha value is -3.02. The van der Waals surface area contributed by atoms with Crippen molar-refractivity contribution in [2.75, 3.05) is 13.6 Å². The molecule has 1 aromatic carbocycles. The Kier molecular flexibility index (Phi) is 8.46. The lowest BCUT2D eigenvalue weighted by molar-refractivity contribution is -0.385. The number of hydrogen-bond acceptors (Lipinski definition) is 6. The molecule has 0 unspecified atom stereocenters. The van der Waals surface area contributed by atoms with Crippen LogP contribution in [-0.2, 0) is 16.0 Å². The van der Waals surface area contributed by atoms with E-state index < -0.39 is 22.0 Å². The molecule has 0 bridgehead atoms. The van der Waals surface area contributed by atoms with Crippen LogP contribution in [0.1, 0.15) is 58.1 Å². The molecule has 0 heterocycles. The maximum absolute atomic E-state index is 13.2. The Labute approximate surface area is 175 Å². The normalized spacial score (nSPS) is 13.9. The minimum atomic E-state index is -0.909. The Balaban J connectivity index is 0.000000300. The molecule has 0 N–H and O–H groups in total. The van der Waals surface area contributed by atoms with Crippen LogP contribution < -0.4 is 0 Å². The predicted octanol–water partition coefficient (Wildman–Crippen LogP) is 4.39. The van der Waals surface area contributed by atoms with Crippen molar-refractivity contribution in [2.45, 2.75) is 59.0 Å². The van der Waals surface area contributed by atoms with Gasteiger partial charge < -0.3 is 14.4 Å². The van der Waals surface area contributed by atoms with E-state index in [1.807, 2.05) is 20.8 Å². The Morgan fingerprint density at radius 3 is 2.47 bits per heavy atom. The van der Waals surface area contributed by atoms with Gasteiger partial charge in [0, 0.05) is 26.1 Å². The largest absolute Gasteiger partial charge is 0.444 e. The monoisotopic (exact) mass is 421 g/mol. The van der Waals surface area contributed by atoms with E-state index >= 15 is 0 Å². The third-order valence-corrected chi connectivity index (χ3v) is 4.64. The fourth-order valence-electron chi connectivity index (χ4n) is 2.47. The number of nitro groups is 1. The Bertz CT molecular complexity index is 838. The second kappa shape index (κ2) is 10.1. The van der Waals surface area contributed by atoms with Crippen molar-refractivity contribution < 1.29 is 23.6 Å². The van der Waals surface area contributed by atoms with Gasteiger partial charge in [0.2, 0.25) is 0 Å². The van der Waals surface area contributed by atoms with Crippen LogP contribution >= 0.6 is 0 Å². The second-order valence-corrected chi connectivity index (χ2v) is 8.66. The number of nitriles is 1. The van der Waals surface area contributed by atoms with Crippen LogP contribution in [0.25, 0.3) is 0 Å². The summed E-state index contributed by atoms with van der Waals surface area (Å²) in [7, 11) is 1.81. The van der Waals surface area contributed by atoms with Crippen LogP contribution in [0.15, 0.2) is 12.1 Å². The number of nitro benzene ring substituents is 1. The number of hydrogen-bond donors (Lipinski definition) is 0. The zero-order valence-corrected chi connectivity index (χ0v) is 18.0. The van der Waals surface area contributed by atoms with Gasteiger partial charge in [0.15, 0.2) is 0 Å². The van der Waals surface area contributed by atoms with Gasteiger partial charge in [0.05, 0.1) is 22.1 Å². The van der Waals surface area contributed by atoms with Crippen molar-refractivity contribution in [2.24, 2.45) is 5.41 Å². The molecule has 1 amide bonds. The van der Waals surface area contributed by atoms with Gasteiger partial charge in [-0.15, -0.1) is 0 Å². The minimum Gasteiger partial charge on any atom is -0.444 e. The van der Waals surface area contributed by atoms with E-state index in [0.717, 1.165) is 25.1 Å². The van der Waals surface area contributed by atoms with E-state index in [4.69, 9.17) is 10.00 Å². The number of ether oxygens (including phenoxy) is 1. The van der Waals surface area contributed by atoms with Crippen LogP contribution in [0.2, 0.25) is 0 Å². The third-order valence-electron chi connectivity index (χ3n) is 4.64. The molecule has 1 fully saturated rings. The van der Waals surface area contributed by atoms with E-state index in [1.54, 1.807) is 18.0 Å². The molecule has 2 rings (SSSR count). The van der Waals surface area contributed by atoms with Gasteiger partial charge in [0.1, 0.15) is 17.7 Å². The van der Waals surface area contributed by atoms with Crippen LogP contribution in [0, 0.1) is 32.7 Å². The molecule has 0 spiro atoms. The van der Waals surface area contributed by atoms with Crippen molar-refractivity contribution in [3.8, 4) is 6.07 Å². The topological polar surface area (TPSA) is 114 Å². The number of carbonyl (C=O) groups is 2. The number of amides is 1. The fourth-order valence-corrected chi connectivity index (χ4v) is 2.47. The van der Waals surface area contributed by atoms with Crippen molar-refractivity contribution >= 4 is 18.1 Å². The quantitative estimate of drug-likeness (QED) is 0.382. The van der Waals surface area contributed by atoms with Gasteiger partial charge >= 0.3 is 6.09 Å². The predicted molar refractivity (Wildman–Crippen MR) is 108 cm³/mol. The summed E-state index contributed by atoms with van der Waals surface area (Å²) in [5.74, 6) is -0.909. The number of halogens is 1. The molecule has 0 atom stereocenters. The number of benzene rings is 1. The van der Waals surface area contributed by atoms with Gasteiger partial charge in [-0.25, -0.2) is 9.18 Å². The summed E-state index contributed by atoms with van der Waals surface area (Å²) in [5, 5.41) is 19.0. The molecule has 8 nitrogen and oxygen atoms in total. The highest BCUT2D eigenvalue weighted by molar-refractivity contribution is 5.67. The van der Waals surface area contributed by atoms with Crippen LogP contribution in [0.4, 0.5) is 14.9 Å². The summed E-state index contributed by atoms with van der Waals surface area (Å²) in [6.07, 6.45) is 3.46. The highest BCUT2D eigenvalue weighted by atomic mass is 19.1. The van der Waals surface area contributed by atoms with Gasteiger partial charge in [0.25, 0.3) is 5.69 Å². The van der Waals surface area contributed by atoms with E-state index in [9.17, 15) is 24.1 Å². The van der Waals surface area contributed by atoms with Gasteiger partial charge in [-0.05, 0) is 51.5 Å². The maximum atomic E-state index is 13.2. The number of aldehydes is 1. The highest BCUT2D eigenvalue weighted by Gasteiger charge is 2.37. The molecule has 0 saturated heterocycles. The molecular formula is C21H28FN3O5. The van der Waals surface area contributed by atoms with E-state index in [-0.39, 0.29) is 23.6 Å². The molecule has 1 aliphatic carbocycles. The molecular weight excluding hydrogens is 393 g/mol. The molecule has 0 aromatic heterocycles. The van der Waals surface area contributed by atoms with Crippen LogP contribution in [0.5, 0.6) is 0 Å². The number of carbonyl (C=O) groups excluding carboxylic acids is 2. The molecule has 9 heteroatoms. The number of rotatable bonds is 6. The third kappa shape index (κ3) is 8.15. The highest BCUT2D eigenvalue weighted by Crippen LogP contribution is 2.48.